The van der Waals surface area contributed by atoms with Crippen LogP contribution in [0.25, 0.3) is 11.0 Å². The Balaban J connectivity index is 1.59. The van der Waals surface area contributed by atoms with Gasteiger partial charge in [0.25, 0.3) is 5.91 Å². The molecule has 0 saturated heterocycles. The SMILES string of the molecule is COc1ccc2oc(C(C)NC(=O)c3ocnc3C3CC3)c(C)c2c1. The molecule has 1 saturated carbocycles. The lowest BCUT2D eigenvalue weighted by Crippen LogP contribution is -2.27. The van der Waals surface area contributed by atoms with Gasteiger partial charge in [-0.2, -0.15) is 0 Å². The van der Waals surface area contributed by atoms with Crippen molar-refractivity contribution in [2.75, 3.05) is 7.11 Å². The number of hydrogen-bond donors (Lipinski definition) is 1. The van der Waals surface area contributed by atoms with Crippen LogP contribution in [0.5, 0.6) is 5.75 Å². The van der Waals surface area contributed by atoms with E-state index in [2.05, 4.69) is 10.3 Å². The third-order valence-corrected chi connectivity index (χ3v) is 4.69. The van der Waals surface area contributed by atoms with Gasteiger partial charge >= 0.3 is 0 Å². The summed E-state index contributed by atoms with van der Waals surface area (Å²) < 4.78 is 16.5. The summed E-state index contributed by atoms with van der Waals surface area (Å²) in [7, 11) is 1.63. The Morgan fingerprint density at radius 2 is 2.20 bits per heavy atom. The minimum Gasteiger partial charge on any atom is -0.497 e. The number of carbonyl (C=O) groups excluding carboxylic acids is 1. The van der Waals surface area contributed by atoms with Gasteiger partial charge in [0, 0.05) is 16.9 Å². The van der Waals surface area contributed by atoms with Gasteiger partial charge in [-0.15, -0.1) is 0 Å². The molecule has 1 aromatic carbocycles. The predicted molar refractivity (Wildman–Crippen MR) is 91.9 cm³/mol. The number of benzene rings is 1. The summed E-state index contributed by atoms with van der Waals surface area (Å²) in [6, 6.07) is 5.38. The van der Waals surface area contributed by atoms with Crippen LogP contribution in [0, 0.1) is 6.92 Å². The summed E-state index contributed by atoms with van der Waals surface area (Å²) in [5.41, 5.74) is 2.52. The second-order valence-electron chi connectivity index (χ2n) is 6.49. The second-order valence-corrected chi connectivity index (χ2v) is 6.49. The number of hydrogen-bond acceptors (Lipinski definition) is 5. The Kier molecular flexibility index (Phi) is 3.75. The largest absolute Gasteiger partial charge is 0.497 e. The third-order valence-electron chi connectivity index (χ3n) is 4.69. The Hall–Kier alpha value is -2.76. The standard InChI is InChI=1S/C19H20N2O4/c1-10-14-8-13(23-3)6-7-15(14)25-17(10)11(2)21-19(22)18-16(12-4-5-12)20-9-24-18/h6-9,11-12H,4-5H2,1-3H3,(H,21,22). The van der Waals surface area contributed by atoms with Crippen molar-refractivity contribution in [2.24, 2.45) is 0 Å². The van der Waals surface area contributed by atoms with Crippen LogP contribution in [-0.4, -0.2) is 18.0 Å². The van der Waals surface area contributed by atoms with Crippen molar-refractivity contribution in [3.05, 3.63) is 47.4 Å². The van der Waals surface area contributed by atoms with Gasteiger partial charge in [-0.25, -0.2) is 4.98 Å². The molecule has 1 fully saturated rings. The molecule has 2 aromatic heterocycles. The molecule has 6 heteroatoms. The summed E-state index contributed by atoms with van der Waals surface area (Å²) in [5.74, 6) is 1.91. The number of amides is 1. The molecule has 130 valence electrons. The van der Waals surface area contributed by atoms with E-state index in [1.54, 1.807) is 7.11 Å². The number of oxazole rings is 1. The van der Waals surface area contributed by atoms with Crippen LogP contribution in [0.15, 0.2) is 33.4 Å². The van der Waals surface area contributed by atoms with Gasteiger partial charge in [0.2, 0.25) is 5.76 Å². The number of rotatable bonds is 5. The molecule has 0 bridgehead atoms. The maximum absolute atomic E-state index is 12.6. The molecule has 2 heterocycles. The molecule has 1 atom stereocenters. The number of carbonyl (C=O) groups is 1. The topological polar surface area (TPSA) is 77.5 Å². The quantitative estimate of drug-likeness (QED) is 0.756. The summed E-state index contributed by atoms with van der Waals surface area (Å²) in [6.07, 6.45) is 3.46. The van der Waals surface area contributed by atoms with Gasteiger partial charge in [-0.1, -0.05) is 0 Å². The lowest BCUT2D eigenvalue weighted by atomic mass is 10.1. The van der Waals surface area contributed by atoms with Gasteiger partial charge in [0.15, 0.2) is 6.39 Å². The molecule has 0 spiro atoms. The molecule has 4 rings (SSSR count). The number of furan rings is 1. The fourth-order valence-corrected chi connectivity index (χ4v) is 3.16. The number of nitrogens with zero attached hydrogens (tertiary/aromatic N) is 1. The van der Waals surface area contributed by atoms with Gasteiger partial charge in [-0.3, -0.25) is 4.79 Å². The minimum absolute atomic E-state index is 0.260. The van der Waals surface area contributed by atoms with Crippen LogP contribution >= 0.6 is 0 Å². The first-order chi connectivity index (χ1) is 12.1. The highest BCUT2D eigenvalue weighted by atomic mass is 16.5. The van der Waals surface area contributed by atoms with Crippen molar-refractivity contribution >= 4 is 16.9 Å². The average molecular weight is 340 g/mol. The van der Waals surface area contributed by atoms with E-state index < -0.39 is 0 Å². The highest BCUT2D eigenvalue weighted by Gasteiger charge is 2.32. The van der Waals surface area contributed by atoms with Crippen molar-refractivity contribution in [3.63, 3.8) is 0 Å². The molecule has 25 heavy (non-hydrogen) atoms. The average Bonchev–Trinajstić information content (AvgIpc) is 3.24. The summed E-state index contributed by atoms with van der Waals surface area (Å²) >= 11 is 0. The van der Waals surface area contributed by atoms with E-state index in [0.717, 1.165) is 46.6 Å². The van der Waals surface area contributed by atoms with Gasteiger partial charge in [-0.05, 0) is 44.9 Å². The van der Waals surface area contributed by atoms with E-state index in [4.69, 9.17) is 13.6 Å². The second kappa shape index (κ2) is 5.95. The molecule has 1 aliphatic carbocycles. The van der Waals surface area contributed by atoms with E-state index in [1.165, 1.54) is 6.39 Å². The maximum atomic E-state index is 12.6. The van der Waals surface area contributed by atoms with E-state index in [-0.39, 0.29) is 11.9 Å². The van der Waals surface area contributed by atoms with Gasteiger partial charge in [0.05, 0.1) is 18.8 Å². The van der Waals surface area contributed by atoms with Gasteiger partial charge < -0.3 is 18.9 Å². The molecule has 0 aliphatic heterocycles. The van der Waals surface area contributed by atoms with E-state index in [1.807, 2.05) is 32.0 Å². The fraction of sp³-hybridized carbons (Fsp3) is 0.368. The molecule has 1 N–H and O–H groups in total. The molecule has 1 unspecified atom stereocenters. The molecule has 6 nitrogen and oxygen atoms in total. The Bertz CT molecular complexity index is 936. The molecule has 1 amide bonds. The minimum atomic E-state index is -0.289. The first kappa shape index (κ1) is 15.7. The highest BCUT2D eigenvalue weighted by molar-refractivity contribution is 5.93. The highest BCUT2D eigenvalue weighted by Crippen LogP contribution is 2.41. The van der Waals surface area contributed by atoms with Crippen LogP contribution < -0.4 is 10.1 Å². The Morgan fingerprint density at radius 1 is 1.40 bits per heavy atom. The zero-order valence-electron chi connectivity index (χ0n) is 14.5. The predicted octanol–water partition coefficient (Wildman–Crippen LogP) is 4.11. The molecule has 0 radical (unpaired) electrons. The van der Waals surface area contributed by atoms with E-state index >= 15 is 0 Å². The lowest BCUT2D eigenvalue weighted by molar-refractivity contribution is 0.0906. The first-order valence-corrected chi connectivity index (χ1v) is 8.39. The van der Waals surface area contributed by atoms with Gasteiger partial charge in [0.1, 0.15) is 17.1 Å². The van der Waals surface area contributed by atoms with Crippen molar-refractivity contribution in [3.8, 4) is 5.75 Å². The van der Waals surface area contributed by atoms with Crippen LogP contribution in [0.1, 0.15) is 59.3 Å². The van der Waals surface area contributed by atoms with Crippen molar-refractivity contribution in [1.82, 2.24) is 10.3 Å². The van der Waals surface area contributed by atoms with Crippen molar-refractivity contribution < 1.29 is 18.4 Å². The normalized spacial score (nSPS) is 15.3. The number of ether oxygens (including phenoxy) is 1. The molecule has 1 aliphatic rings. The fourth-order valence-electron chi connectivity index (χ4n) is 3.16. The van der Waals surface area contributed by atoms with E-state index in [0.29, 0.717) is 11.7 Å². The number of aryl methyl sites for hydroxylation is 1. The Morgan fingerprint density at radius 3 is 2.92 bits per heavy atom. The Labute approximate surface area is 145 Å². The van der Waals surface area contributed by atoms with Crippen LogP contribution in [0.2, 0.25) is 0 Å². The number of fused-ring (bicyclic) bond motifs is 1. The molecule has 3 aromatic rings. The summed E-state index contributed by atoms with van der Waals surface area (Å²) in [4.78, 5) is 16.7. The molecular weight excluding hydrogens is 320 g/mol. The van der Waals surface area contributed by atoms with Crippen LogP contribution in [-0.2, 0) is 0 Å². The smallest absolute Gasteiger partial charge is 0.289 e. The maximum Gasteiger partial charge on any atom is 0.289 e. The lowest BCUT2D eigenvalue weighted by Gasteiger charge is -2.11. The van der Waals surface area contributed by atoms with E-state index in [9.17, 15) is 4.79 Å². The first-order valence-electron chi connectivity index (χ1n) is 8.39. The third kappa shape index (κ3) is 2.77. The molecular formula is C19H20N2O4. The zero-order valence-corrected chi connectivity index (χ0v) is 14.5. The monoisotopic (exact) mass is 340 g/mol. The number of nitrogens with one attached hydrogen (secondary N) is 1. The van der Waals surface area contributed by atoms with Crippen molar-refractivity contribution in [1.29, 1.82) is 0 Å². The van der Waals surface area contributed by atoms with Crippen LogP contribution in [0.4, 0.5) is 0 Å². The zero-order chi connectivity index (χ0) is 17.6. The number of methoxy groups -OCH3 is 1. The summed E-state index contributed by atoms with van der Waals surface area (Å²) in [5, 5.41) is 3.93. The summed E-state index contributed by atoms with van der Waals surface area (Å²) in [6.45, 7) is 3.88. The number of aromatic nitrogens is 1. The van der Waals surface area contributed by atoms with Crippen LogP contribution in [0.3, 0.4) is 0 Å². The van der Waals surface area contributed by atoms with Crippen molar-refractivity contribution in [2.45, 2.75) is 38.6 Å².